The Hall–Kier alpha value is -2.92. The molecule has 2 aliphatic rings. The van der Waals surface area contributed by atoms with Crippen LogP contribution >= 0.6 is 0 Å². The minimum absolute atomic E-state index is 0.0462. The molecular formula is C34H40F6N4. The molecule has 2 aliphatic heterocycles. The summed E-state index contributed by atoms with van der Waals surface area (Å²) in [5.41, 5.74) is 0.0212. The van der Waals surface area contributed by atoms with Crippen molar-refractivity contribution in [2.24, 2.45) is 0 Å². The number of rotatable bonds is 10. The molecule has 2 heterocycles. The first-order chi connectivity index (χ1) is 21.0. The molecule has 0 saturated carbocycles. The van der Waals surface area contributed by atoms with E-state index >= 15 is 0 Å². The maximum atomic E-state index is 13.3. The van der Waals surface area contributed by atoms with Crippen molar-refractivity contribution in [1.29, 1.82) is 0 Å². The number of piperidine rings is 1. The predicted octanol–water partition coefficient (Wildman–Crippen LogP) is 6.88. The Morgan fingerprint density at radius 2 is 1.27 bits per heavy atom. The van der Waals surface area contributed by atoms with Gasteiger partial charge in [0.1, 0.15) is 0 Å². The van der Waals surface area contributed by atoms with Crippen LogP contribution in [0.3, 0.4) is 0 Å². The first-order valence-electron chi connectivity index (χ1n) is 15.3. The van der Waals surface area contributed by atoms with Gasteiger partial charge in [-0.05, 0) is 67.2 Å². The summed E-state index contributed by atoms with van der Waals surface area (Å²) in [7, 11) is 0. The van der Waals surface area contributed by atoms with Gasteiger partial charge in [-0.25, -0.2) is 0 Å². The summed E-state index contributed by atoms with van der Waals surface area (Å²) in [5, 5.41) is 3.75. The van der Waals surface area contributed by atoms with Crippen molar-refractivity contribution >= 4 is 0 Å². The average Bonchev–Trinajstić information content (AvgIpc) is 3.01. The maximum Gasteiger partial charge on any atom is 0.416 e. The van der Waals surface area contributed by atoms with E-state index in [0.717, 1.165) is 69.8 Å². The van der Waals surface area contributed by atoms with E-state index in [1.165, 1.54) is 5.56 Å². The first kappa shape index (κ1) is 32.5. The molecule has 238 valence electrons. The van der Waals surface area contributed by atoms with Crippen molar-refractivity contribution in [2.45, 2.75) is 50.2 Å². The second kappa shape index (κ2) is 14.5. The summed E-state index contributed by atoms with van der Waals surface area (Å²) in [6.45, 7) is 7.34. The van der Waals surface area contributed by atoms with E-state index in [-0.39, 0.29) is 24.1 Å². The van der Waals surface area contributed by atoms with Crippen LogP contribution in [-0.2, 0) is 25.3 Å². The molecule has 0 amide bonds. The number of hydrogen-bond acceptors (Lipinski definition) is 4. The van der Waals surface area contributed by atoms with Gasteiger partial charge in [0.15, 0.2) is 0 Å². The van der Waals surface area contributed by atoms with Crippen LogP contribution < -0.4 is 5.32 Å². The Kier molecular flexibility index (Phi) is 10.7. The molecule has 1 N–H and O–H groups in total. The van der Waals surface area contributed by atoms with E-state index in [2.05, 4.69) is 56.4 Å². The highest BCUT2D eigenvalue weighted by Gasteiger charge is 2.37. The SMILES string of the molecule is FC(F)(F)c1cc(CCN2CCN(CCNC3CCN(Cc4ccccc4)CC3)C(c3ccccc3)C2)cc(C(F)(F)F)c1. The normalized spacial score (nSPS) is 19.8. The van der Waals surface area contributed by atoms with Crippen LogP contribution in [0.4, 0.5) is 26.3 Å². The summed E-state index contributed by atoms with van der Waals surface area (Å²) in [6, 6.07) is 23.1. The lowest BCUT2D eigenvalue weighted by molar-refractivity contribution is -0.143. The van der Waals surface area contributed by atoms with Gasteiger partial charge in [-0.3, -0.25) is 14.7 Å². The summed E-state index contributed by atoms with van der Waals surface area (Å²) >= 11 is 0. The highest BCUT2D eigenvalue weighted by atomic mass is 19.4. The first-order valence-corrected chi connectivity index (χ1v) is 15.3. The van der Waals surface area contributed by atoms with Gasteiger partial charge in [-0.1, -0.05) is 60.7 Å². The van der Waals surface area contributed by atoms with Crippen LogP contribution in [0.2, 0.25) is 0 Å². The van der Waals surface area contributed by atoms with Gasteiger partial charge in [0.2, 0.25) is 0 Å². The van der Waals surface area contributed by atoms with Crippen LogP contribution in [0.25, 0.3) is 0 Å². The van der Waals surface area contributed by atoms with Gasteiger partial charge in [0, 0.05) is 57.9 Å². The van der Waals surface area contributed by atoms with Crippen molar-refractivity contribution in [2.75, 3.05) is 52.4 Å². The maximum absolute atomic E-state index is 13.3. The van der Waals surface area contributed by atoms with E-state index < -0.39 is 23.5 Å². The van der Waals surface area contributed by atoms with E-state index in [1.807, 2.05) is 24.3 Å². The third kappa shape index (κ3) is 9.06. The Bertz CT molecular complexity index is 1270. The average molecular weight is 619 g/mol. The van der Waals surface area contributed by atoms with Crippen LogP contribution in [0.1, 0.15) is 46.7 Å². The monoisotopic (exact) mass is 618 g/mol. The molecule has 0 bridgehead atoms. The summed E-state index contributed by atoms with van der Waals surface area (Å²) in [5.74, 6) is 0. The molecular weight excluding hydrogens is 578 g/mol. The zero-order valence-corrected chi connectivity index (χ0v) is 24.8. The molecule has 2 fully saturated rings. The molecule has 2 saturated heterocycles. The zero-order valence-electron chi connectivity index (χ0n) is 24.8. The molecule has 3 aromatic carbocycles. The number of nitrogens with zero attached hydrogens (tertiary/aromatic N) is 3. The Balaban J connectivity index is 1.14. The number of piperazine rings is 1. The van der Waals surface area contributed by atoms with Crippen molar-refractivity contribution in [3.63, 3.8) is 0 Å². The largest absolute Gasteiger partial charge is 0.416 e. The Morgan fingerprint density at radius 3 is 1.89 bits per heavy atom. The Labute approximate surface area is 255 Å². The molecule has 0 aromatic heterocycles. The van der Waals surface area contributed by atoms with Crippen LogP contribution in [0.5, 0.6) is 0 Å². The molecule has 0 spiro atoms. The number of hydrogen-bond donors (Lipinski definition) is 1. The molecule has 10 heteroatoms. The molecule has 0 aliphatic carbocycles. The fraction of sp³-hybridized carbons (Fsp3) is 0.471. The van der Waals surface area contributed by atoms with Gasteiger partial charge in [0.05, 0.1) is 11.1 Å². The number of likely N-dealkylation sites (tertiary alicyclic amines) is 1. The minimum atomic E-state index is -4.84. The smallest absolute Gasteiger partial charge is 0.313 e. The Morgan fingerprint density at radius 1 is 0.659 bits per heavy atom. The van der Waals surface area contributed by atoms with Gasteiger partial charge < -0.3 is 5.32 Å². The molecule has 1 unspecified atom stereocenters. The van der Waals surface area contributed by atoms with Crippen molar-refractivity contribution in [3.05, 3.63) is 107 Å². The summed E-state index contributed by atoms with van der Waals surface area (Å²) < 4.78 is 80.0. The van der Waals surface area contributed by atoms with E-state index in [4.69, 9.17) is 0 Å². The second-order valence-electron chi connectivity index (χ2n) is 11.9. The topological polar surface area (TPSA) is 21.8 Å². The van der Waals surface area contributed by atoms with E-state index in [0.29, 0.717) is 25.7 Å². The van der Waals surface area contributed by atoms with Crippen LogP contribution in [-0.4, -0.2) is 73.1 Å². The third-order valence-electron chi connectivity index (χ3n) is 8.79. The van der Waals surface area contributed by atoms with Crippen LogP contribution in [0, 0.1) is 0 Å². The standard InChI is InChI=1S/C34H40F6N4/c35-33(36,37)29-21-27(22-30(23-29)34(38,39)40)11-15-43-19-20-44(32(25-43)28-9-5-2-6-10-28)18-14-41-31-12-16-42(17-13-31)24-26-7-3-1-4-8-26/h1-10,21-23,31-32,41H,11-20,24-25H2. The zero-order chi connectivity index (χ0) is 31.2. The van der Waals surface area contributed by atoms with Crippen molar-refractivity contribution in [3.8, 4) is 0 Å². The van der Waals surface area contributed by atoms with Gasteiger partial charge in [0.25, 0.3) is 0 Å². The van der Waals surface area contributed by atoms with Crippen molar-refractivity contribution in [1.82, 2.24) is 20.0 Å². The highest BCUT2D eigenvalue weighted by Crippen LogP contribution is 2.36. The minimum Gasteiger partial charge on any atom is -0.313 e. The molecule has 3 aromatic rings. The predicted molar refractivity (Wildman–Crippen MR) is 160 cm³/mol. The number of alkyl halides is 6. The highest BCUT2D eigenvalue weighted by molar-refractivity contribution is 5.34. The second-order valence-corrected chi connectivity index (χ2v) is 11.9. The quantitative estimate of drug-likeness (QED) is 0.250. The number of halogens is 6. The van der Waals surface area contributed by atoms with E-state index in [9.17, 15) is 26.3 Å². The lowest BCUT2D eigenvalue weighted by atomic mass is 10.00. The number of benzene rings is 3. The van der Waals surface area contributed by atoms with Gasteiger partial charge in [-0.2, -0.15) is 26.3 Å². The summed E-state index contributed by atoms with van der Waals surface area (Å²) in [6.07, 6.45) is -7.36. The van der Waals surface area contributed by atoms with Crippen molar-refractivity contribution < 1.29 is 26.3 Å². The van der Waals surface area contributed by atoms with Crippen LogP contribution in [0.15, 0.2) is 78.9 Å². The van der Waals surface area contributed by atoms with E-state index in [1.54, 1.807) is 0 Å². The van der Waals surface area contributed by atoms with Gasteiger partial charge in [-0.15, -0.1) is 0 Å². The third-order valence-corrected chi connectivity index (χ3v) is 8.79. The molecule has 0 radical (unpaired) electrons. The fourth-order valence-electron chi connectivity index (χ4n) is 6.34. The molecule has 1 atom stereocenters. The summed E-state index contributed by atoms with van der Waals surface area (Å²) in [4.78, 5) is 7.09. The molecule has 5 rings (SSSR count). The number of nitrogens with one attached hydrogen (secondary N) is 1. The molecule has 4 nitrogen and oxygen atoms in total. The molecule has 44 heavy (non-hydrogen) atoms. The van der Waals surface area contributed by atoms with Gasteiger partial charge >= 0.3 is 12.4 Å². The lowest BCUT2D eigenvalue weighted by Gasteiger charge is -2.42. The fourth-order valence-corrected chi connectivity index (χ4v) is 6.34. The lowest BCUT2D eigenvalue weighted by Crippen LogP contribution is -2.51.